The van der Waals surface area contributed by atoms with Gasteiger partial charge in [-0.2, -0.15) is 0 Å². The fraction of sp³-hybridized carbons (Fsp3) is 0.0667. The number of primary amides is 1. The van der Waals surface area contributed by atoms with E-state index in [0.717, 1.165) is 5.56 Å². The molecule has 2 rings (SSSR count). The van der Waals surface area contributed by atoms with Crippen molar-refractivity contribution in [1.82, 2.24) is 5.32 Å². The third-order valence-electron chi connectivity index (χ3n) is 3.02. The van der Waals surface area contributed by atoms with E-state index in [1.807, 2.05) is 0 Å². The summed E-state index contributed by atoms with van der Waals surface area (Å²) in [5.41, 5.74) is 12.6. The predicted molar refractivity (Wildman–Crippen MR) is 91.7 cm³/mol. The molecule has 0 aliphatic rings. The van der Waals surface area contributed by atoms with Crippen LogP contribution in [0.2, 0.25) is 10.0 Å². The molecule has 0 atom stereocenters. The Labute approximate surface area is 142 Å². The molecule has 0 bridgehead atoms. The van der Waals surface area contributed by atoms with E-state index in [-0.39, 0.29) is 21.6 Å². The van der Waals surface area contributed by atoms with Gasteiger partial charge >= 0.3 is 6.03 Å². The summed E-state index contributed by atoms with van der Waals surface area (Å²) >= 11 is 11.8. The lowest BCUT2D eigenvalue weighted by atomic mass is 10.1. The van der Waals surface area contributed by atoms with Gasteiger partial charge in [-0.05, 0) is 29.8 Å². The highest BCUT2D eigenvalue weighted by atomic mass is 35.5. The molecule has 0 aromatic heterocycles. The fourth-order valence-electron chi connectivity index (χ4n) is 1.82. The number of hydrogen-bond donors (Lipinski definition) is 4. The smallest absolute Gasteiger partial charge is 0.312 e. The number of amides is 3. The number of rotatable bonds is 4. The van der Waals surface area contributed by atoms with E-state index in [2.05, 4.69) is 10.6 Å². The van der Waals surface area contributed by atoms with Gasteiger partial charge in [-0.3, -0.25) is 4.79 Å². The number of benzene rings is 2. The predicted octanol–water partition coefficient (Wildman–Crippen LogP) is 3.00. The van der Waals surface area contributed by atoms with Gasteiger partial charge in [-0.1, -0.05) is 35.3 Å². The zero-order chi connectivity index (χ0) is 17.0. The second-order valence-corrected chi connectivity index (χ2v) is 5.54. The maximum atomic E-state index is 12.2. The summed E-state index contributed by atoms with van der Waals surface area (Å²) in [5.74, 6) is -0.323. The van der Waals surface area contributed by atoms with Gasteiger partial charge in [0.15, 0.2) is 0 Å². The van der Waals surface area contributed by atoms with Crippen LogP contribution >= 0.6 is 23.2 Å². The van der Waals surface area contributed by atoms with Gasteiger partial charge in [0, 0.05) is 17.8 Å². The van der Waals surface area contributed by atoms with E-state index < -0.39 is 6.03 Å². The van der Waals surface area contributed by atoms with Gasteiger partial charge in [0.1, 0.15) is 0 Å². The first-order valence-electron chi connectivity index (χ1n) is 6.55. The molecule has 0 spiro atoms. The molecule has 0 heterocycles. The topological polar surface area (TPSA) is 110 Å². The average Bonchev–Trinajstić information content (AvgIpc) is 2.51. The molecule has 23 heavy (non-hydrogen) atoms. The van der Waals surface area contributed by atoms with E-state index >= 15 is 0 Å². The van der Waals surface area contributed by atoms with Gasteiger partial charge in [-0.15, -0.1) is 0 Å². The normalized spacial score (nSPS) is 10.2. The van der Waals surface area contributed by atoms with Crippen molar-refractivity contribution >= 4 is 46.5 Å². The molecule has 0 fully saturated rings. The van der Waals surface area contributed by atoms with E-state index in [9.17, 15) is 9.59 Å². The number of urea groups is 1. The minimum atomic E-state index is -0.607. The van der Waals surface area contributed by atoms with Crippen molar-refractivity contribution < 1.29 is 9.59 Å². The molecular formula is C15H14Cl2N4O2. The van der Waals surface area contributed by atoms with Crippen LogP contribution in [0.5, 0.6) is 0 Å². The van der Waals surface area contributed by atoms with Crippen LogP contribution in [-0.4, -0.2) is 11.9 Å². The van der Waals surface area contributed by atoms with Crippen LogP contribution < -0.4 is 22.1 Å². The summed E-state index contributed by atoms with van der Waals surface area (Å²) in [6, 6.07) is 9.13. The van der Waals surface area contributed by atoms with E-state index in [1.54, 1.807) is 24.3 Å². The number of nitrogens with one attached hydrogen (secondary N) is 2. The molecule has 3 amide bonds. The SMILES string of the molecule is NC(=O)NCc1ccc(C(=O)Nc2cc(Cl)c(N)c(Cl)c2)cc1. The summed E-state index contributed by atoms with van der Waals surface area (Å²) in [4.78, 5) is 22.8. The standard InChI is InChI=1S/C15H14Cl2N4O2/c16-11-5-10(6-12(17)13(11)18)21-14(22)9-3-1-8(2-4-9)7-20-15(19)23/h1-6H,7,18H2,(H,21,22)(H3,19,20,23). The molecule has 0 saturated heterocycles. The highest BCUT2D eigenvalue weighted by Crippen LogP contribution is 2.31. The summed E-state index contributed by atoms with van der Waals surface area (Å²) in [6.45, 7) is 0.292. The van der Waals surface area contributed by atoms with Crippen molar-refractivity contribution in [2.24, 2.45) is 5.73 Å². The van der Waals surface area contributed by atoms with Crippen molar-refractivity contribution in [1.29, 1.82) is 0 Å². The largest absolute Gasteiger partial charge is 0.396 e. The summed E-state index contributed by atoms with van der Waals surface area (Å²) in [5, 5.41) is 5.68. The molecule has 6 nitrogen and oxygen atoms in total. The number of carbonyl (C=O) groups is 2. The highest BCUT2D eigenvalue weighted by Gasteiger charge is 2.10. The van der Waals surface area contributed by atoms with Gasteiger partial charge < -0.3 is 22.1 Å². The Morgan fingerprint density at radius 3 is 2.13 bits per heavy atom. The van der Waals surface area contributed by atoms with Gasteiger partial charge in [-0.25, -0.2) is 4.79 Å². The highest BCUT2D eigenvalue weighted by molar-refractivity contribution is 6.39. The van der Waals surface area contributed by atoms with Crippen molar-refractivity contribution in [3.63, 3.8) is 0 Å². The Morgan fingerprint density at radius 2 is 1.61 bits per heavy atom. The molecule has 6 N–H and O–H groups in total. The molecule has 2 aromatic carbocycles. The average molecular weight is 353 g/mol. The maximum Gasteiger partial charge on any atom is 0.312 e. The third-order valence-corrected chi connectivity index (χ3v) is 3.65. The van der Waals surface area contributed by atoms with Crippen LogP contribution in [0.1, 0.15) is 15.9 Å². The Hall–Kier alpha value is -2.44. The fourth-order valence-corrected chi connectivity index (χ4v) is 2.31. The number of hydrogen-bond acceptors (Lipinski definition) is 3. The first-order chi connectivity index (χ1) is 10.9. The van der Waals surface area contributed by atoms with Crippen LogP contribution in [0, 0.1) is 0 Å². The first-order valence-corrected chi connectivity index (χ1v) is 7.30. The van der Waals surface area contributed by atoms with Crippen molar-refractivity contribution in [2.75, 3.05) is 11.1 Å². The molecular weight excluding hydrogens is 339 g/mol. The zero-order valence-corrected chi connectivity index (χ0v) is 13.4. The molecule has 120 valence electrons. The number of nitrogen functional groups attached to an aromatic ring is 1. The first kappa shape index (κ1) is 16.9. The minimum absolute atomic E-state index is 0.262. The summed E-state index contributed by atoms with van der Waals surface area (Å²) in [7, 11) is 0. The molecule has 0 unspecified atom stereocenters. The number of halogens is 2. The lowest BCUT2D eigenvalue weighted by molar-refractivity contribution is 0.102. The number of anilines is 2. The molecule has 8 heteroatoms. The second kappa shape index (κ2) is 7.21. The Balaban J connectivity index is 2.07. The molecule has 0 saturated carbocycles. The van der Waals surface area contributed by atoms with Crippen molar-refractivity contribution in [2.45, 2.75) is 6.54 Å². The number of nitrogens with two attached hydrogens (primary N) is 2. The lowest BCUT2D eigenvalue weighted by Crippen LogP contribution is -2.28. The Kier molecular flexibility index (Phi) is 5.31. The van der Waals surface area contributed by atoms with E-state index in [0.29, 0.717) is 17.8 Å². The van der Waals surface area contributed by atoms with Gasteiger partial charge in [0.2, 0.25) is 0 Å². The third kappa shape index (κ3) is 4.51. The Morgan fingerprint density at radius 1 is 1.04 bits per heavy atom. The van der Waals surface area contributed by atoms with Gasteiger partial charge in [0.25, 0.3) is 5.91 Å². The molecule has 0 aliphatic heterocycles. The quantitative estimate of drug-likeness (QED) is 0.634. The van der Waals surface area contributed by atoms with Crippen molar-refractivity contribution in [3.8, 4) is 0 Å². The lowest BCUT2D eigenvalue weighted by Gasteiger charge is -2.09. The summed E-state index contributed by atoms with van der Waals surface area (Å²) < 4.78 is 0. The molecule has 2 aromatic rings. The van der Waals surface area contributed by atoms with Crippen LogP contribution in [0.25, 0.3) is 0 Å². The van der Waals surface area contributed by atoms with Crippen molar-refractivity contribution in [3.05, 3.63) is 57.6 Å². The van der Waals surface area contributed by atoms with Gasteiger partial charge in [0.05, 0.1) is 15.7 Å². The Bertz CT molecular complexity index is 725. The maximum absolute atomic E-state index is 12.2. The number of carbonyl (C=O) groups excluding carboxylic acids is 2. The molecule has 0 radical (unpaired) electrons. The summed E-state index contributed by atoms with van der Waals surface area (Å²) in [6.07, 6.45) is 0. The van der Waals surface area contributed by atoms with Crippen LogP contribution in [-0.2, 0) is 6.54 Å². The monoisotopic (exact) mass is 352 g/mol. The van der Waals surface area contributed by atoms with Crippen LogP contribution in [0.4, 0.5) is 16.2 Å². The van der Waals surface area contributed by atoms with E-state index in [1.165, 1.54) is 12.1 Å². The van der Waals surface area contributed by atoms with Crippen LogP contribution in [0.3, 0.4) is 0 Å². The molecule has 0 aliphatic carbocycles. The van der Waals surface area contributed by atoms with Crippen LogP contribution in [0.15, 0.2) is 36.4 Å². The minimum Gasteiger partial charge on any atom is -0.396 e. The zero-order valence-electron chi connectivity index (χ0n) is 11.9. The second-order valence-electron chi connectivity index (χ2n) is 4.72. The van der Waals surface area contributed by atoms with E-state index in [4.69, 9.17) is 34.7 Å².